The highest BCUT2D eigenvalue weighted by Gasteiger charge is 2.35. The van der Waals surface area contributed by atoms with Crippen molar-refractivity contribution in [1.29, 1.82) is 0 Å². The van der Waals surface area contributed by atoms with Gasteiger partial charge in [-0.15, -0.1) is 0 Å². The lowest BCUT2D eigenvalue weighted by Crippen LogP contribution is -2.42. The molecule has 1 fully saturated rings. The van der Waals surface area contributed by atoms with Crippen molar-refractivity contribution < 1.29 is 14.8 Å². The van der Waals surface area contributed by atoms with E-state index in [1.54, 1.807) is 12.1 Å². The van der Waals surface area contributed by atoms with Crippen LogP contribution < -0.4 is 5.32 Å². The molecule has 0 unspecified atom stereocenters. The quantitative estimate of drug-likeness (QED) is 0.636. The lowest BCUT2D eigenvalue weighted by Gasteiger charge is -2.37. The summed E-state index contributed by atoms with van der Waals surface area (Å²) in [5.41, 5.74) is -0.423. The van der Waals surface area contributed by atoms with E-state index in [1.165, 1.54) is 6.07 Å². The standard InChI is InChI=1S/C14H17ClN2O4/c15-10-4-5-11(12(8-10)17(20)21)16-14(9-13(18)19)6-2-1-3-7-14/h4-5,8,16H,1-3,6-7,9H2,(H,18,19). The van der Waals surface area contributed by atoms with Crippen LogP contribution in [0, 0.1) is 10.1 Å². The van der Waals surface area contributed by atoms with Crippen LogP contribution in [0.15, 0.2) is 18.2 Å². The molecule has 0 aliphatic heterocycles. The van der Waals surface area contributed by atoms with Gasteiger partial charge in [0, 0.05) is 16.6 Å². The summed E-state index contributed by atoms with van der Waals surface area (Å²) in [7, 11) is 0. The maximum atomic E-state index is 11.1. The Morgan fingerprint density at radius 3 is 2.62 bits per heavy atom. The molecule has 1 aliphatic carbocycles. The Hall–Kier alpha value is -1.82. The van der Waals surface area contributed by atoms with Gasteiger partial charge in [-0.05, 0) is 25.0 Å². The van der Waals surface area contributed by atoms with E-state index in [9.17, 15) is 14.9 Å². The fraction of sp³-hybridized carbons (Fsp3) is 0.500. The predicted octanol–water partition coefficient (Wildman–Crippen LogP) is 3.84. The van der Waals surface area contributed by atoms with Gasteiger partial charge in [-0.25, -0.2) is 0 Å². The number of benzene rings is 1. The van der Waals surface area contributed by atoms with Crippen molar-refractivity contribution in [2.75, 3.05) is 5.32 Å². The van der Waals surface area contributed by atoms with Crippen LogP contribution in [0.3, 0.4) is 0 Å². The first kappa shape index (κ1) is 15.6. The van der Waals surface area contributed by atoms with Crippen LogP contribution >= 0.6 is 11.6 Å². The summed E-state index contributed by atoms with van der Waals surface area (Å²) in [5, 5.41) is 23.7. The number of aliphatic carboxylic acids is 1. The highest BCUT2D eigenvalue weighted by Crippen LogP contribution is 2.37. The van der Waals surface area contributed by atoms with Crippen molar-refractivity contribution in [3.63, 3.8) is 0 Å². The van der Waals surface area contributed by atoms with Crippen molar-refractivity contribution in [3.8, 4) is 0 Å². The number of nitro benzene ring substituents is 1. The van der Waals surface area contributed by atoms with E-state index in [2.05, 4.69) is 5.32 Å². The van der Waals surface area contributed by atoms with Gasteiger partial charge in [-0.3, -0.25) is 14.9 Å². The zero-order valence-corrected chi connectivity index (χ0v) is 12.2. The number of carboxylic acid groups (broad SMARTS) is 1. The van der Waals surface area contributed by atoms with Gasteiger partial charge in [0.2, 0.25) is 0 Å². The zero-order chi connectivity index (χ0) is 15.5. The van der Waals surface area contributed by atoms with Crippen molar-refractivity contribution in [3.05, 3.63) is 33.3 Å². The Morgan fingerprint density at radius 1 is 1.38 bits per heavy atom. The van der Waals surface area contributed by atoms with Gasteiger partial charge in [0.1, 0.15) is 5.69 Å². The maximum Gasteiger partial charge on any atom is 0.305 e. The van der Waals surface area contributed by atoms with Crippen LogP contribution in [0.25, 0.3) is 0 Å². The lowest BCUT2D eigenvalue weighted by atomic mass is 9.79. The van der Waals surface area contributed by atoms with Crippen molar-refractivity contribution in [1.82, 2.24) is 0 Å². The van der Waals surface area contributed by atoms with Gasteiger partial charge in [0.05, 0.1) is 11.3 Å². The molecule has 0 bridgehead atoms. The molecule has 1 saturated carbocycles. The molecule has 114 valence electrons. The summed E-state index contributed by atoms with van der Waals surface area (Å²) >= 11 is 5.80. The number of nitrogens with one attached hydrogen (secondary N) is 1. The first-order valence-electron chi connectivity index (χ1n) is 6.86. The number of nitro groups is 1. The smallest absolute Gasteiger partial charge is 0.305 e. The molecule has 1 aromatic carbocycles. The molecule has 6 nitrogen and oxygen atoms in total. The molecule has 21 heavy (non-hydrogen) atoms. The predicted molar refractivity (Wildman–Crippen MR) is 79.8 cm³/mol. The van der Waals surface area contributed by atoms with Crippen molar-refractivity contribution >= 4 is 28.9 Å². The Labute approximate surface area is 127 Å². The minimum atomic E-state index is -0.902. The SMILES string of the molecule is O=C(O)CC1(Nc2ccc(Cl)cc2[N+](=O)[O-])CCCCC1. The van der Waals surface area contributed by atoms with E-state index in [-0.39, 0.29) is 17.1 Å². The highest BCUT2D eigenvalue weighted by molar-refractivity contribution is 6.30. The Kier molecular flexibility index (Phi) is 4.67. The number of hydrogen-bond donors (Lipinski definition) is 2. The van der Waals surface area contributed by atoms with E-state index in [4.69, 9.17) is 16.7 Å². The summed E-state index contributed by atoms with van der Waals surface area (Å²) in [6.45, 7) is 0. The van der Waals surface area contributed by atoms with Crippen LogP contribution in [-0.4, -0.2) is 21.5 Å². The van der Waals surface area contributed by atoms with Gasteiger partial charge >= 0.3 is 5.97 Å². The number of anilines is 1. The first-order valence-corrected chi connectivity index (χ1v) is 7.24. The number of halogens is 1. The molecular weight excluding hydrogens is 296 g/mol. The molecule has 0 saturated heterocycles. The summed E-state index contributed by atoms with van der Waals surface area (Å²) < 4.78 is 0. The Bertz CT molecular complexity index is 556. The zero-order valence-electron chi connectivity index (χ0n) is 11.5. The molecule has 0 aromatic heterocycles. The van der Waals surface area contributed by atoms with E-state index in [0.717, 1.165) is 19.3 Å². The van der Waals surface area contributed by atoms with Gasteiger partial charge in [0.15, 0.2) is 0 Å². The minimum absolute atomic E-state index is 0.0488. The number of carboxylic acids is 1. The van der Waals surface area contributed by atoms with Crippen LogP contribution in [0.2, 0.25) is 5.02 Å². The third-order valence-electron chi connectivity index (χ3n) is 3.86. The minimum Gasteiger partial charge on any atom is -0.481 e. The Morgan fingerprint density at radius 2 is 2.05 bits per heavy atom. The van der Waals surface area contributed by atoms with Gasteiger partial charge in [-0.1, -0.05) is 30.9 Å². The molecule has 2 N–H and O–H groups in total. The summed E-state index contributed by atoms with van der Waals surface area (Å²) in [4.78, 5) is 21.8. The second-order valence-electron chi connectivity index (χ2n) is 5.46. The number of hydrogen-bond acceptors (Lipinski definition) is 4. The van der Waals surface area contributed by atoms with Crippen LogP contribution in [0.4, 0.5) is 11.4 Å². The highest BCUT2D eigenvalue weighted by atomic mass is 35.5. The summed E-state index contributed by atoms with van der Waals surface area (Å²) in [6, 6.07) is 4.38. The summed E-state index contributed by atoms with van der Waals surface area (Å²) in [6.07, 6.45) is 4.24. The second-order valence-corrected chi connectivity index (χ2v) is 5.89. The molecule has 0 heterocycles. The maximum absolute atomic E-state index is 11.1. The molecule has 2 rings (SSSR count). The second kappa shape index (κ2) is 6.30. The summed E-state index contributed by atoms with van der Waals surface area (Å²) in [5.74, 6) is -0.902. The van der Waals surface area contributed by atoms with Crippen LogP contribution in [0.5, 0.6) is 0 Å². The van der Waals surface area contributed by atoms with Crippen LogP contribution in [-0.2, 0) is 4.79 Å². The van der Waals surface area contributed by atoms with E-state index >= 15 is 0 Å². The molecule has 1 aromatic rings. The number of rotatable bonds is 5. The Balaban J connectivity index is 2.32. The molecule has 0 amide bonds. The third-order valence-corrected chi connectivity index (χ3v) is 4.09. The molecule has 0 radical (unpaired) electrons. The van der Waals surface area contributed by atoms with Gasteiger partial charge in [-0.2, -0.15) is 0 Å². The van der Waals surface area contributed by atoms with Crippen molar-refractivity contribution in [2.45, 2.75) is 44.1 Å². The average molecular weight is 313 g/mol. The first-order chi connectivity index (χ1) is 9.92. The fourth-order valence-corrected chi connectivity index (χ4v) is 3.08. The normalized spacial score (nSPS) is 17.2. The third kappa shape index (κ3) is 3.85. The topological polar surface area (TPSA) is 92.5 Å². The number of carbonyl (C=O) groups is 1. The molecular formula is C14H17ClN2O4. The van der Waals surface area contributed by atoms with Crippen LogP contribution in [0.1, 0.15) is 38.5 Å². The van der Waals surface area contributed by atoms with E-state index in [1.807, 2.05) is 0 Å². The molecule has 7 heteroatoms. The molecule has 0 atom stereocenters. The van der Waals surface area contributed by atoms with Gasteiger partial charge in [0.25, 0.3) is 5.69 Å². The monoisotopic (exact) mass is 312 g/mol. The van der Waals surface area contributed by atoms with Crippen molar-refractivity contribution in [2.24, 2.45) is 0 Å². The van der Waals surface area contributed by atoms with E-state index in [0.29, 0.717) is 18.5 Å². The molecule has 1 aliphatic rings. The average Bonchev–Trinajstić information content (AvgIpc) is 2.40. The molecule has 0 spiro atoms. The van der Waals surface area contributed by atoms with Gasteiger partial charge < -0.3 is 10.4 Å². The fourth-order valence-electron chi connectivity index (χ4n) is 2.91. The van der Waals surface area contributed by atoms with E-state index < -0.39 is 16.4 Å². The lowest BCUT2D eigenvalue weighted by molar-refractivity contribution is -0.384. The number of nitrogens with zero attached hydrogens (tertiary/aromatic N) is 1. The largest absolute Gasteiger partial charge is 0.481 e.